The van der Waals surface area contributed by atoms with E-state index in [1.54, 1.807) is 12.3 Å². The van der Waals surface area contributed by atoms with Crippen molar-refractivity contribution < 1.29 is 5.11 Å². The number of rotatable bonds is 2. The molecule has 5 nitrogen and oxygen atoms in total. The van der Waals surface area contributed by atoms with E-state index in [1.165, 1.54) is 0 Å². The van der Waals surface area contributed by atoms with E-state index in [4.69, 9.17) is 17.3 Å². The molecule has 0 amide bonds. The highest BCUT2D eigenvalue weighted by Crippen LogP contribution is 2.35. The molecular weight excluding hydrogens is 336 g/mol. The Balaban J connectivity index is 2.01. The van der Waals surface area contributed by atoms with Crippen molar-refractivity contribution in [1.82, 2.24) is 15.0 Å². The second kappa shape index (κ2) is 6.03. The van der Waals surface area contributed by atoms with Crippen LogP contribution >= 0.6 is 11.6 Å². The van der Waals surface area contributed by atoms with E-state index < -0.39 is 0 Å². The lowest BCUT2D eigenvalue weighted by Crippen LogP contribution is -1.99. The fourth-order valence-electron chi connectivity index (χ4n) is 2.72. The number of nitrogens with two attached hydrogens (primary N) is 1. The van der Waals surface area contributed by atoms with Crippen molar-refractivity contribution in [2.24, 2.45) is 0 Å². The first-order valence-corrected chi connectivity index (χ1v) is 7.98. The number of fused-ring (bicyclic) bond motifs is 1. The molecule has 0 spiro atoms. The monoisotopic (exact) mass is 348 g/mol. The quantitative estimate of drug-likeness (QED) is 0.564. The third-order valence-electron chi connectivity index (χ3n) is 3.88. The van der Waals surface area contributed by atoms with Gasteiger partial charge in [-0.2, -0.15) is 0 Å². The number of hydrogen-bond donors (Lipinski definition) is 2. The molecule has 2 aromatic heterocycles. The van der Waals surface area contributed by atoms with Crippen molar-refractivity contribution in [3.63, 3.8) is 0 Å². The fraction of sp³-hybridized carbons (Fsp3) is 0. The number of aromatic hydroxyl groups is 1. The molecule has 0 radical (unpaired) electrons. The molecular formula is C19H13ClN4O. The fourth-order valence-corrected chi connectivity index (χ4v) is 3.00. The van der Waals surface area contributed by atoms with Gasteiger partial charge in [0.05, 0.1) is 16.2 Å². The summed E-state index contributed by atoms with van der Waals surface area (Å²) in [7, 11) is 0. The van der Waals surface area contributed by atoms with Gasteiger partial charge in [-0.15, -0.1) is 0 Å². The van der Waals surface area contributed by atoms with Crippen LogP contribution in [0.15, 0.2) is 60.8 Å². The predicted octanol–water partition coefficient (Wildman–Crippen LogP) is 4.30. The summed E-state index contributed by atoms with van der Waals surface area (Å²) in [5.74, 6) is -0.326. The Morgan fingerprint density at radius 2 is 1.64 bits per heavy atom. The van der Waals surface area contributed by atoms with Gasteiger partial charge >= 0.3 is 0 Å². The molecule has 0 bridgehead atoms. The Labute approximate surface area is 148 Å². The van der Waals surface area contributed by atoms with Gasteiger partial charge in [0.15, 0.2) is 5.82 Å². The number of nitrogens with zero attached hydrogens (tertiary/aromatic N) is 3. The SMILES string of the molecule is Nc1nc(-c2ccccc2)c(-c2cc(Cl)c3ncccc3c2)nc1O. The van der Waals surface area contributed by atoms with E-state index in [2.05, 4.69) is 15.0 Å². The number of nitrogen functional groups attached to an aromatic ring is 1. The minimum atomic E-state index is -0.308. The van der Waals surface area contributed by atoms with Crippen molar-refractivity contribution in [2.75, 3.05) is 5.73 Å². The molecule has 3 N–H and O–H groups in total. The summed E-state index contributed by atoms with van der Waals surface area (Å²) in [5.41, 5.74) is 9.13. The van der Waals surface area contributed by atoms with E-state index in [9.17, 15) is 5.11 Å². The molecule has 0 fully saturated rings. The van der Waals surface area contributed by atoms with Crippen molar-refractivity contribution in [3.05, 3.63) is 65.8 Å². The molecule has 4 rings (SSSR count). The van der Waals surface area contributed by atoms with Gasteiger partial charge in [0, 0.05) is 22.7 Å². The average Bonchev–Trinajstić information content (AvgIpc) is 2.64. The van der Waals surface area contributed by atoms with Gasteiger partial charge in [-0.05, 0) is 18.2 Å². The van der Waals surface area contributed by atoms with Gasteiger partial charge in [0.25, 0.3) is 5.88 Å². The first kappa shape index (κ1) is 15.4. The molecule has 6 heteroatoms. The summed E-state index contributed by atoms with van der Waals surface area (Å²) in [6.07, 6.45) is 1.69. The number of aromatic nitrogens is 3. The lowest BCUT2D eigenvalue weighted by molar-refractivity contribution is 0.455. The Morgan fingerprint density at radius 3 is 2.44 bits per heavy atom. The Hall–Kier alpha value is -3.18. The summed E-state index contributed by atoms with van der Waals surface area (Å²) in [6.45, 7) is 0. The Bertz CT molecular complexity index is 1080. The molecule has 2 aromatic carbocycles. The molecule has 0 aliphatic carbocycles. The average molecular weight is 349 g/mol. The second-order valence-electron chi connectivity index (χ2n) is 5.53. The highest BCUT2D eigenvalue weighted by Gasteiger charge is 2.16. The highest BCUT2D eigenvalue weighted by molar-refractivity contribution is 6.35. The van der Waals surface area contributed by atoms with Crippen LogP contribution in [-0.2, 0) is 0 Å². The summed E-state index contributed by atoms with van der Waals surface area (Å²) in [4.78, 5) is 12.9. The van der Waals surface area contributed by atoms with Crippen molar-refractivity contribution in [3.8, 4) is 28.4 Å². The first-order chi connectivity index (χ1) is 12.1. The molecule has 0 unspecified atom stereocenters. The molecule has 2 heterocycles. The zero-order valence-electron chi connectivity index (χ0n) is 13.0. The van der Waals surface area contributed by atoms with E-state index in [0.29, 0.717) is 21.9 Å². The van der Waals surface area contributed by atoms with Gasteiger partial charge in [0.1, 0.15) is 5.69 Å². The zero-order chi connectivity index (χ0) is 17.4. The normalized spacial score (nSPS) is 10.9. The van der Waals surface area contributed by atoms with Crippen LogP contribution in [0, 0.1) is 0 Å². The summed E-state index contributed by atoms with van der Waals surface area (Å²) in [5, 5.41) is 11.4. The molecule has 25 heavy (non-hydrogen) atoms. The first-order valence-electron chi connectivity index (χ1n) is 7.60. The van der Waals surface area contributed by atoms with Crippen molar-refractivity contribution >= 4 is 28.3 Å². The number of pyridine rings is 1. The van der Waals surface area contributed by atoms with E-state index in [1.807, 2.05) is 48.5 Å². The lowest BCUT2D eigenvalue weighted by atomic mass is 10.0. The van der Waals surface area contributed by atoms with Crippen LogP contribution in [0.4, 0.5) is 5.82 Å². The van der Waals surface area contributed by atoms with Crippen LogP contribution in [0.2, 0.25) is 5.02 Å². The van der Waals surface area contributed by atoms with E-state index >= 15 is 0 Å². The molecule has 122 valence electrons. The van der Waals surface area contributed by atoms with Crippen LogP contribution in [0.25, 0.3) is 33.4 Å². The van der Waals surface area contributed by atoms with Crippen LogP contribution in [0.3, 0.4) is 0 Å². The van der Waals surface area contributed by atoms with Crippen LogP contribution < -0.4 is 5.73 Å². The zero-order valence-corrected chi connectivity index (χ0v) is 13.8. The minimum Gasteiger partial charge on any atom is -0.491 e. The third kappa shape index (κ3) is 2.75. The smallest absolute Gasteiger partial charge is 0.255 e. The second-order valence-corrected chi connectivity index (χ2v) is 5.94. The minimum absolute atomic E-state index is 0.0174. The molecule has 0 atom stereocenters. The number of hydrogen-bond acceptors (Lipinski definition) is 5. The Kier molecular flexibility index (Phi) is 3.71. The van der Waals surface area contributed by atoms with Gasteiger partial charge in [-0.3, -0.25) is 4.98 Å². The van der Waals surface area contributed by atoms with Crippen LogP contribution in [-0.4, -0.2) is 20.1 Å². The molecule has 0 saturated carbocycles. The third-order valence-corrected chi connectivity index (χ3v) is 4.17. The maximum Gasteiger partial charge on any atom is 0.255 e. The predicted molar refractivity (Wildman–Crippen MR) is 99.3 cm³/mol. The molecule has 0 aliphatic rings. The highest BCUT2D eigenvalue weighted by atomic mass is 35.5. The summed E-state index contributed by atoms with van der Waals surface area (Å²) < 4.78 is 0. The number of anilines is 1. The lowest BCUT2D eigenvalue weighted by Gasteiger charge is -2.11. The maximum absolute atomic E-state index is 9.97. The largest absolute Gasteiger partial charge is 0.491 e. The number of halogens is 1. The van der Waals surface area contributed by atoms with Gasteiger partial charge in [0.2, 0.25) is 0 Å². The van der Waals surface area contributed by atoms with Gasteiger partial charge in [-0.25, -0.2) is 9.97 Å². The van der Waals surface area contributed by atoms with Crippen molar-refractivity contribution in [1.29, 1.82) is 0 Å². The molecule has 0 saturated heterocycles. The molecule has 4 aromatic rings. The van der Waals surface area contributed by atoms with Crippen molar-refractivity contribution in [2.45, 2.75) is 0 Å². The van der Waals surface area contributed by atoms with E-state index in [0.717, 1.165) is 16.5 Å². The summed E-state index contributed by atoms with van der Waals surface area (Å²) in [6, 6.07) is 17.0. The maximum atomic E-state index is 9.97. The van der Waals surface area contributed by atoms with Gasteiger partial charge in [-0.1, -0.05) is 48.0 Å². The van der Waals surface area contributed by atoms with Gasteiger partial charge < -0.3 is 10.8 Å². The standard InChI is InChI=1S/C19H13ClN4O/c20-14-10-13(9-12-7-4-8-22-15(12)14)17-16(11-5-2-1-3-6-11)23-18(21)19(25)24-17/h1-10H,(H2,21,23)(H,24,25). The molecule has 0 aliphatic heterocycles. The summed E-state index contributed by atoms with van der Waals surface area (Å²) >= 11 is 6.38. The van der Waals surface area contributed by atoms with Crippen LogP contribution in [0.1, 0.15) is 0 Å². The topological polar surface area (TPSA) is 84.9 Å². The Morgan fingerprint density at radius 1 is 0.880 bits per heavy atom. The number of benzene rings is 2. The van der Waals surface area contributed by atoms with E-state index in [-0.39, 0.29) is 11.7 Å². The van der Waals surface area contributed by atoms with Crippen LogP contribution in [0.5, 0.6) is 5.88 Å².